The maximum absolute atomic E-state index is 12.4. The zero-order chi connectivity index (χ0) is 14.5. The fourth-order valence-corrected chi connectivity index (χ4v) is 2.11. The number of methoxy groups -OCH3 is 1. The van der Waals surface area contributed by atoms with Crippen molar-refractivity contribution in [3.8, 4) is 5.75 Å². The molecule has 1 N–H and O–H groups in total. The van der Waals surface area contributed by atoms with E-state index in [-0.39, 0.29) is 18.9 Å². The first kappa shape index (κ1) is 14.3. The summed E-state index contributed by atoms with van der Waals surface area (Å²) in [7, 11) is 1.47. The summed E-state index contributed by atoms with van der Waals surface area (Å²) in [5.74, 6) is -0.743. The minimum atomic E-state index is -0.939. The van der Waals surface area contributed by atoms with Crippen molar-refractivity contribution in [2.24, 2.45) is 0 Å². The summed E-state index contributed by atoms with van der Waals surface area (Å²) in [5.41, 5.74) is 0.415. The zero-order valence-electron chi connectivity index (χ0n) is 11.1. The molecule has 1 saturated heterocycles. The molecule has 0 spiro atoms. The van der Waals surface area contributed by atoms with Gasteiger partial charge in [0.15, 0.2) is 0 Å². The number of pyridine rings is 1. The van der Waals surface area contributed by atoms with Crippen molar-refractivity contribution in [3.63, 3.8) is 0 Å². The lowest BCUT2D eigenvalue weighted by Crippen LogP contribution is -2.46. The van der Waals surface area contributed by atoms with Crippen LogP contribution in [0.1, 0.15) is 16.8 Å². The Morgan fingerprint density at radius 2 is 2.40 bits per heavy atom. The minimum absolute atomic E-state index is 0.114. The Bertz CT molecular complexity index is 505. The molecule has 1 aliphatic rings. The van der Waals surface area contributed by atoms with Crippen molar-refractivity contribution in [2.75, 3.05) is 26.8 Å². The number of carbonyl (C=O) groups excluding carboxylic acids is 1. The van der Waals surface area contributed by atoms with Crippen LogP contribution in [0.15, 0.2) is 18.5 Å². The normalized spacial score (nSPS) is 18.6. The summed E-state index contributed by atoms with van der Waals surface area (Å²) >= 11 is 0. The SMILES string of the molecule is COc1cnccc1C(=O)N1CCOC(CC(=O)O)C1. The van der Waals surface area contributed by atoms with Gasteiger partial charge in [-0.2, -0.15) is 0 Å². The first-order valence-corrected chi connectivity index (χ1v) is 6.22. The lowest BCUT2D eigenvalue weighted by Gasteiger charge is -2.32. The van der Waals surface area contributed by atoms with Crippen molar-refractivity contribution in [1.82, 2.24) is 9.88 Å². The first-order valence-electron chi connectivity index (χ1n) is 6.22. The number of ether oxygens (including phenoxy) is 2. The molecule has 1 aliphatic heterocycles. The third-order valence-corrected chi connectivity index (χ3v) is 3.06. The molecule has 0 aliphatic carbocycles. The average Bonchev–Trinajstić information content (AvgIpc) is 2.46. The number of carboxylic acids is 1. The zero-order valence-corrected chi connectivity index (χ0v) is 11.1. The van der Waals surface area contributed by atoms with Crippen LogP contribution in [0.3, 0.4) is 0 Å². The topological polar surface area (TPSA) is 89.0 Å². The van der Waals surface area contributed by atoms with Gasteiger partial charge in [0.05, 0.1) is 38.0 Å². The number of rotatable bonds is 4. The lowest BCUT2D eigenvalue weighted by atomic mass is 10.1. The molecule has 20 heavy (non-hydrogen) atoms. The van der Waals surface area contributed by atoms with Crippen LogP contribution in [0.2, 0.25) is 0 Å². The van der Waals surface area contributed by atoms with E-state index in [4.69, 9.17) is 14.6 Å². The highest BCUT2D eigenvalue weighted by Crippen LogP contribution is 2.20. The van der Waals surface area contributed by atoms with Gasteiger partial charge in [-0.1, -0.05) is 0 Å². The van der Waals surface area contributed by atoms with Crippen molar-refractivity contribution in [1.29, 1.82) is 0 Å². The molecular weight excluding hydrogens is 264 g/mol. The maximum Gasteiger partial charge on any atom is 0.306 e. The highest BCUT2D eigenvalue weighted by Gasteiger charge is 2.27. The Morgan fingerprint density at radius 3 is 3.10 bits per heavy atom. The van der Waals surface area contributed by atoms with E-state index in [1.165, 1.54) is 19.5 Å². The Hall–Kier alpha value is -2.15. The highest BCUT2D eigenvalue weighted by atomic mass is 16.5. The number of carbonyl (C=O) groups is 2. The van der Waals surface area contributed by atoms with Crippen LogP contribution in [0.25, 0.3) is 0 Å². The molecule has 1 atom stereocenters. The number of aliphatic carboxylic acids is 1. The van der Waals surface area contributed by atoms with E-state index in [0.717, 1.165) is 0 Å². The van der Waals surface area contributed by atoms with E-state index in [2.05, 4.69) is 4.98 Å². The van der Waals surface area contributed by atoms with Gasteiger partial charge < -0.3 is 19.5 Å². The summed E-state index contributed by atoms with van der Waals surface area (Å²) in [4.78, 5) is 28.6. The number of nitrogens with zero attached hydrogens (tertiary/aromatic N) is 2. The predicted molar refractivity (Wildman–Crippen MR) is 68.7 cm³/mol. The monoisotopic (exact) mass is 280 g/mol. The lowest BCUT2D eigenvalue weighted by molar-refractivity contribution is -0.141. The molecule has 0 radical (unpaired) electrons. The molecule has 7 heteroatoms. The van der Waals surface area contributed by atoms with Gasteiger partial charge in [0.2, 0.25) is 0 Å². The smallest absolute Gasteiger partial charge is 0.306 e. The Labute approximate surface area is 116 Å². The van der Waals surface area contributed by atoms with E-state index in [1.807, 2.05) is 0 Å². The molecule has 1 aromatic rings. The first-order chi connectivity index (χ1) is 9.61. The van der Waals surface area contributed by atoms with Gasteiger partial charge in [0.25, 0.3) is 5.91 Å². The maximum atomic E-state index is 12.4. The van der Waals surface area contributed by atoms with E-state index in [9.17, 15) is 9.59 Å². The number of hydrogen-bond donors (Lipinski definition) is 1. The summed E-state index contributed by atoms with van der Waals surface area (Å²) in [5, 5.41) is 8.78. The van der Waals surface area contributed by atoms with Crippen LogP contribution < -0.4 is 4.74 Å². The van der Waals surface area contributed by atoms with Crippen LogP contribution >= 0.6 is 0 Å². The van der Waals surface area contributed by atoms with Gasteiger partial charge in [-0.3, -0.25) is 14.6 Å². The predicted octanol–water partition coefficient (Wildman–Crippen LogP) is 0.406. The molecule has 108 valence electrons. The number of hydrogen-bond acceptors (Lipinski definition) is 5. The molecule has 7 nitrogen and oxygen atoms in total. The summed E-state index contributed by atoms with van der Waals surface area (Å²) in [6.45, 7) is 1.02. The third kappa shape index (κ3) is 3.24. The van der Waals surface area contributed by atoms with Gasteiger partial charge >= 0.3 is 5.97 Å². The summed E-state index contributed by atoms with van der Waals surface area (Å²) in [6.07, 6.45) is 2.41. The van der Waals surface area contributed by atoms with Gasteiger partial charge in [0.1, 0.15) is 5.75 Å². The molecule has 0 bridgehead atoms. The van der Waals surface area contributed by atoms with Gasteiger partial charge in [-0.15, -0.1) is 0 Å². The van der Waals surface area contributed by atoms with E-state index < -0.39 is 12.1 Å². The quantitative estimate of drug-likeness (QED) is 0.859. The highest BCUT2D eigenvalue weighted by molar-refractivity contribution is 5.96. The Balaban J connectivity index is 2.10. The molecule has 1 unspecified atom stereocenters. The molecule has 2 heterocycles. The second-order valence-electron chi connectivity index (χ2n) is 4.42. The van der Waals surface area contributed by atoms with E-state index in [0.29, 0.717) is 24.5 Å². The van der Waals surface area contributed by atoms with Gasteiger partial charge in [-0.25, -0.2) is 0 Å². The Kier molecular flexibility index (Phi) is 4.52. The van der Waals surface area contributed by atoms with Crippen LogP contribution in [0.5, 0.6) is 5.75 Å². The molecule has 0 aromatic carbocycles. The van der Waals surface area contributed by atoms with Crippen LogP contribution in [-0.2, 0) is 9.53 Å². The molecule has 2 rings (SSSR count). The molecule has 1 aromatic heterocycles. The number of aromatic nitrogens is 1. The van der Waals surface area contributed by atoms with Crippen LogP contribution in [0, 0.1) is 0 Å². The van der Waals surface area contributed by atoms with Gasteiger partial charge in [-0.05, 0) is 6.07 Å². The van der Waals surface area contributed by atoms with Crippen molar-refractivity contribution in [3.05, 3.63) is 24.0 Å². The second kappa shape index (κ2) is 6.33. The molecular formula is C13H16N2O5. The number of morpholine rings is 1. The average molecular weight is 280 g/mol. The standard InChI is InChI=1S/C13H16N2O5/c1-19-11-7-14-3-2-10(11)13(18)15-4-5-20-9(8-15)6-12(16)17/h2-3,7,9H,4-6,8H2,1H3,(H,16,17). The fourth-order valence-electron chi connectivity index (χ4n) is 2.11. The number of amides is 1. The molecule has 0 saturated carbocycles. The van der Waals surface area contributed by atoms with E-state index in [1.54, 1.807) is 11.0 Å². The van der Waals surface area contributed by atoms with Gasteiger partial charge in [0, 0.05) is 19.3 Å². The summed E-state index contributed by atoms with van der Waals surface area (Å²) in [6, 6.07) is 1.59. The second-order valence-corrected chi connectivity index (χ2v) is 4.42. The number of carboxylic acid groups (broad SMARTS) is 1. The van der Waals surface area contributed by atoms with Crippen molar-refractivity contribution in [2.45, 2.75) is 12.5 Å². The van der Waals surface area contributed by atoms with Crippen molar-refractivity contribution < 1.29 is 24.2 Å². The largest absolute Gasteiger partial charge is 0.494 e. The third-order valence-electron chi connectivity index (χ3n) is 3.06. The Morgan fingerprint density at radius 1 is 1.60 bits per heavy atom. The minimum Gasteiger partial charge on any atom is -0.494 e. The van der Waals surface area contributed by atoms with Crippen LogP contribution in [0.4, 0.5) is 0 Å². The molecule has 1 amide bonds. The van der Waals surface area contributed by atoms with E-state index >= 15 is 0 Å². The fraction of sp³-hybridized carbons (Fsp3) is 0.462. The van der Waals surface area contributed by atoms with Crippen LogP contribution in [-0.4, -0.2) is 59.8 Å². The van der Waals surface area contributed by atoms with Crippen molar-refractivity contribution >= 4 is 11.9 Å². The molecule has 1 fully saturated rings. The summed E-state index contributed by atoms with van der Waals surface area (Å²) < 4.78 is 10.5.